The van der Waals surface area contributed by atoms with Crippen LogP contribution in [0.15, 0.2) is 40.6 Å². The van der Waals surface area contributed by atoms with Crippen molar-refractivity contribution in [3.8, 4) is 0 Å². The maximum Gasteiger partial charge on any atom is 0.147 e. The molecule has 4 heterocycles. The average molecular weight is 477 g/mol. The SMILES string of the molecule is C[C@@H]1OCC2(CCN(c3cnc(Sc4ccnc(N)c4)cn3)CC2)[C@@H]1N[S@@](=O)C(C)(C)C. The highest BCUT2D eigenvalue weighted by Crippen LogP contribution is 2.43. The first-order chi connectivity index (χ1) is 15.2. The number of anilines is 2. The Kier molecular flexibility index (Phi) is 6.76. The molecular weight excluding hydrogens is 444 g/mol. The van der Waals surface area contributed by atoms with Crippen LogP contribution in [0.2, 0.25) is 0 Å². The van der Waals surface area contributed by atoms with Crippen LogP contribution in [0.1, 0.15) is 40.5 Å². The predicted molar refractivity (Wildman–Crippen MR) is 129 cm³/mol. The molecule has 4 rings (SSSR count). The van der Waals surface area contributed by atoms with Crippen molar-refractivity contribution in [2.24, 2.45) is 5.41 Å². The Morgan fingerprint density at radius 3 is 2.62 bits per heavy atom. The molecule has 2 aliphatic rings. The first-order valence-corrected chi connectivity index (χ1v) is 12.9. The molecule has 0 amide bonds. The number of aromatic nitrogens is 3. The third kappa shape index (κ3) is 5.08. The largest absolute Gasteiger partial charge is 0.384 e. The zero-order chi connectivity index (χ0) is 22.9. The fraction of sp³-hybridized carbons (Fsp3) is 0.591. The normalized spacial score (nSPS) is 24.1. The summed E-state index contributed by atoms with van der Waals surface area (Å²) in [6, 6.07) is 3.82. The highest BCUT2D eigenvalue weighted by Gasteiger charge is 2.50. The van der Waals surface area contributed by atoms with Gasteiger partial charge in [-0.05, 0) is 52.7 Å². The van der Waals surface area contributed by atoms with Crippen LogP contribution in [0.3, 0.4) is 0 Å². The Morgan fingerprint density at radius 1 is 1.25 bits per heavy atom. The monoisotopic (exact) mass is 476 g/mol. The molecular formula is C22H32N6O2S2. The van der Waals surface area contributed by atoms with Crippen molar-refractivity contribution >= 4 is 34.4 Å². The second-order valence-corrected chi connectivity index (χ2v) is 12.7. The van der Waals surface area contributed by atoms with Gasteiger partial charge in [-0.25, -0.2) is 23.9 Å². The molecule has 0 aromatic carbocycles. The summed E-state index contributed by atoms with van der Waals surface area (Å²) >= 11 is 1.51. The van der Waals surface area contributed by atoms with Crippen molar-refractivity contribution in [1.82, 2.24) is 19.7 Å². The van der Waals surface area contributed by atoms with E-state index in [2.05, 4.69) is 31.5 Å². The highest BCUT2D eigenvalue weighted by atomic mass is 32.2. The van der Waals surface area contributed by atoms with Crippen molar-refractivity contribution in [2.45, 2.75) is 67.4 Å². The smallest absolute Gasteiger partial charge is 0.147 e. The maximum absolute atomic E-state index is 12.8. The van der Waals surface area contributed by atoms with Gasteiger partial charge in [0.25, 0.3) is 0 Å². The number of rotatable bonds is 5. The lowest BCUT2D eigenvalue weighted by Crippen LogP contribution is -2.55. The summed E-state index contributed by atoms with van der Waals surface area (Å²) in [5.74, 6) is 1.37. The Balaban J connectivity index is 1.39. The van der Waals surface area contributed by atoms with Gasteiger partial charge in [-0.2, -0.15) is 0 Å². The molecule has 0 saturated carbocycles. The fourth-order valence-corrected chi connectivity index (χ4v) is 6.05. The number of nitrogens with zero attached hydrogens (tertiary/aromatic N) is 4. The molecule has 2 aromatic rings. The topological polar surface area (TPSA) is 106 Å². The minimum Gasteiger partial charge on any atom is -0.384 e. The summed E-state index contributed by atoms with van der Waals surface area (Å²) in [4.78, 5) is 16.5. The molecule has 8 nitrogen and oxygen atoms in total. The van der Waals surface area contributed by atoms with Crippen molar-refractivity contribution < 1.29 is 8.95 Å². The van der Waals surface area contributed by atoms with E-state index in [-0.39, 0.29) is 22.3 Å². The molecule has 10 heteroatoms. The Labute approximate surface area is 196 Å². The third-order valence-corrected chi connectivity index (χ3v) is 8.72. The third-order valence-electron chi connectivity index (χ3n) is 6.23. The molecule has 2 fully saturated rings. The van der Waals surface area contributed by atoms with E-state index >= 15 is 0 Å². The zero-order valence-electron chi connectivity index (χ0n) is 19.1. The highest BCUT2D eigenvalue weighted by molar-refractivity contribution is 7.99. The van der Waals surface area contributed by atoms with Crippen LogP contribution in [0, 0.1) is 5.41 Å². The molecule has 2 saturated heterocycles. The van der Waals surface area contributed by atoms with Crippen LogP contribution >= 0.6 is 11.8 Å². The second kappa shape index (κ2) is 9.24. The van der Waals surface area contributed by atoms with E-state index in [4.69, 9.17) is 10.5 Å². The van der Waals surface area contributed by atoms with E-state index < -0.39 is 11.0 Å². The summed E-state index contributed by atoms with van der Waals surface area (Å²) in [7, 11) is -1.12. The van der Waals surface area contributed by atoms with E-state index in [9.17, 15) is 4.21 Å². The molecule has 2 aliphatic heterocycles. The van der Waals surface area contributed by atoms with Crippen molar-refractivity contribution in [2.75, 3.05) is 30.3 Å². The summed E-state index contributed by atoms with van der Waals surface area (Å²) in [6.07, 6.45) is 7.30. The number of hydrogen-bond acceptors (Lipinski definition) is 8. The number of nitrogen functional groups attached to an aromatic ring is 1. The Bertz CT molecular complexity index is 958. The summed E-state index contributed by atoms with van der Waals surface area (Å²) < 4.78 is 21.9. The summed E-state index contributed by atoms with van der Waals surface area (Å²) in [6.45, 7) is 10.5. The predicted octanol–water partition coefficient (Wildman–Crippen LogP) is 3.03. The quantitative estimate of drug-likeness (QED) is 0.678. The summed E-state index contributed by atoms with van der Waals surface area (Å²) in [5, 5.41) is 0.819. The molecule has 0 radical (unpaired) electrons. The molecule has 3 atom stereocenters. The molecule has 32 heavy (non-hydrogen) atoms. The van der Waals surface area contributed by atoms with Crippen molar-refractivity contribution in [3.05, 3.63) is 30.7 Å². The van der Waals surface area contributed by atoms with Gasteiger partial charge in [-0.3, -0.25) is 0 Å². The lowest BCUT2D eigenvalue weighted by Gasteiger charge is -2.43. The number of pyridine rings is 1. The van der Waals surface area contributed by atoms with Crippen LogP contribution in [0.5, 0.6) is 0 Å². The lowest BCUT2D eigenvalue weighted by molar-refractivity contribution is 0.0973. The Morgan fingerprint density at radius 2 is 2.00 bits per heavy atom. The van der Waals surface area contributed by atoms with Gasteiger partial charge in [0.2, 0.25) is 0 Å². The molecule has 174 valence electrons. The number of hydrogen-bond donors (Lipinski definition) is 2. The minimum absolute atomic E-state index is 0.00131. The first-order valence-electron chi connectivity index (χ1n) is 10.9. The second-order valence-electron chi connectivity index (χ2n) is 9.57. The van der Waals surface area contributed by atoms with Crippen LogP contribution < -0.4 is 15.4 Å². The molecule has 1 spiro atoms. The average Bonchev–Trinajstić information content (AvgIpc) is 3.04. The van der Waals surface area contributed by atoms with Crippen LogP contribution in [-0.4, -0.2) is 55.8 Å². The number of nitrogens with two attached hydrogens (primary N) is 1. The van der Waals surface area contributed by atoms with Crippen LogP contribution in [-0.2, 0) is 15.7 Å². The maximum atomic E-state index is 12.8. The van der Waals surface area contributed by atoms with Crippen molar-refractivity contribution in [3.63, 3.8) is 0 Å². The standard InChI is InChI=1S/C22H32N6O2S2/c1-15-20(27-32(29)21(2,3)4)22(14-30-15)6-9-28(10-7-22)18-12-26-19(13-25-18)31-16-5-8-24-17(23)11-16/h5,8,11-13,15,20,27H,6-7,9-10,14H2,1-4H3,(H2,23,24)/t15-,20+,32-/m0/s1. The lowest BCUT2D eigenvalue weighted by atomic mass is 9.73. The van der Waals surface area contributed by atoms with Gasteiger partial charge in [0.05, 0.1) is 46.9 Å². The van der Waals surface area contributed by atoms with E-state index in [0.29, 0.717) is 12.4 Å². The number of piperidine rings is 1. The van der Waals surface area contributed by atoms with E-state index in [1.54, 1.807) is 12.4 Å². The molecule has 0 bridgehead atoms. The molecule has 2 aromatic heterocycles. The minimum atomic E-state index is -1.12. The van der Waals surface area contributed by atoms with E-state index in [0.717, 1.165) is 41.7 Å². The zero-order valence-corrected chi connectivity index (χ0v) is 20.7. The molecule has 3 N–H and O–H groups in total. The van der Waals surface area contributed by atoms with E-state index in [1.165, 1.54) is 11.8 Å². The first kappa shape index (κ1) is 23.4. The van der Waals surface area contributed by atoms with Gasteiger partial charge < -0.3 is 15.4 Å². The number of nitrogens with one attached hydrogen (secondary N) is 1. The van der Waals surface area contributed by atoms with Crippen LogP contribution in [0.25, 0.3) is 0 Å². The van der Waals surface area contributed by atoms with Crippen LogP contribution in [0.4, 0.5) is 11.6 Å². The van der Waals surface area contributed by atoms with Gasteiger partial charge in [0.15, 0.2) is 0 Å². The molecule has 0 aliphatic carbocycles. The number of ether oxygens (including phenoxy) is 1. The van der Waals surface area contributed by atoms with E-state index in [1.807, 2.05) is 39.1 Å². The fourth-order valence-electron chi connectivity index (χ4n) is 4.27. The summed E-state index contributed by atoms with van der Waals surface area (Å²) in [5.41, 5.74) is 5.75. The van der Waals surface area contributed by atoms with Crippen molar-refractivity contribution in [1.29, 1.82) is 0 Å². The van der Waals surface area contributed by atoms with Gasteiger partial charge in [0.1, 0.15) is 16.7 Å². The van der Waals surface area contributed by atoms with Gasteiger partial charge in [-0.15, -0.1) is 0 Å². The Hall–Kier alpha value is -1.75. The van der Waals surface area contributed by atoms with Gasteiger partial charge in [-0.1, -0.05) is 11.8 Å². The molecule has 0 unspecified atom stereocenters. The van der Waals surface area contributed by atoms with Gasteiger partial charge >= 0.3 is 0 Å². The van der Waals surface area contributed by atoms with Gasteiger partial charge in [0, 0.05) is 29.6 Å².